The van der Waals surface area contributed by atoms with Crippen LogP contribution in [0, 0.1) is 0 Å². The van der Waals surface area contributed by atoms with Crippen LogP contribution in [0.1, 0.15) is 24.5 Å². The Balaban J connectivity index is 0.00000300. The first-order valence-electron chi connectivity index (χ1n) is 9.80. The second-order valence-corrected chi connectivity index (χ2v) is 6.58. The summed E-state index contributed by atoms with van der Waals surface area (Å²) in [7, 11) is 1.79. The van der Waals surface area contributed by atoms with Crippen LogP contribution in [-0.2, 0) is 17.8 Å². The van der Waals surface area contributed by atoms with E-state index in [0.717, 1.165) is 56.3 Å². The molecule has 0 amide bonds. The summed E-state index contributed by atoms with van der Waals surface area (Å²) in [6.45, 7) is 5.94. The third kappa shape index (κ3) is 7.01. The molecule has 7 heteroatoms. The van der Waals surface area contributed by atoms with Gasteiger partial charge >= 0.3 is 0 Å². The average molecular weight is 507 g/mol. The number of halogens is 1. The van der Waals surface area contributed by atoms with Crippen LogP contribution in [0.2, 0.25) is 0 Å². The quantitative estimate of drug-likeness (QED) is 0.200. The SMILES string of the molecule is CCOCCCNC(=NC)NCc1ccc(Cn2cnc3ccccc32)cc1.I. The summed E-state index contributed by atoms with van der Waals surface area (Å²) in [4.78, 5) is 8.72. The van der Waals surface area contributed by atoms with E-state index in [-0.39, 0.29) is 24.0 Å². The Labute approximate surface area is 189 Å². The topological polar surface area (TPSA) is 63.5 Å². The van der Waals surface area contributed by atoms with Crippen molar-refractivity contribution in [3.05, 3.63) is 66.0 Å². The summed E-state index contributed by atoms with van der Waals surface area (Å²) in [5.74, 6) is 0.811. The molecule has 0 spiro atoms. The lowest BCUT2D eigenvalue weighted by Crippen LogP contribution is -2.37. The van der Waals surface area contributed by atoms with Crippen molar-refractivity contribution in [3.8, 4) is 0 Å². The summed E-state index contributed by atoms with van der Waals surface area (Å²) in [5.41, 5.74) is 4.66. The first-order chi connectivity index (χ1) is 13.8. The van der Waals surface area contributed by atoms with Gasteiger partial charge in [-0.3, -0.25) is 4.99 Å². The van der Waals surface area contributed by atoms with E-state index in [1.807, 2.05) is 31.5 Å². The number of hydrogen-bond donors (Lipinski definition) is 2. The highest BCUT2D eigenvalue weighted by Gasteiger charge is 2.03. The zero-order valence-corrected chi connectivity index (χ0v) is 19.4. The molecule has 0 radical (unpaired) electrons. The Morgan fingerprint density at radius 3 is 2.59 bits per heavy atom. The number of rotatable bonds is 9. The number of aliphatic imine (C=N–C) groups is 1. The molecule has 0 fully saturated rings. The van der Waals surface area contributed by atoms with Gasteiger partial charge in [0.15, 0.2) is 5.96 Å². The zero-order valence-electron chi connectivity index (χ0n) is 17.1. The van der Waals surface area contributed by atoms with Crippen molar-refractivity contribution in [2.24, 2.45) is 4.99 Å². The molecule has 0 saturated heterocycles. The molecule has 156 valence electrons. The van der Waals surface area contributed by atoms with E-state index in [9.17, 15) is 0 Å². The second kappa shape index (κ2) is 12.4. The van der Waals surface area contributed by atoms with E-state index in [1.54, 1.807) is 7.05 Å². The highest BCUT2D eigenvalue weighted by atomic mass is 127. The maximum atomic E-state index is 5.34. The Hall–Kier alpha value is -2.13. The van der Waals surface area contributed by atoms with Crippen LogP contribution >= 0.6 is 24.0 Å². The molecule has 3 aromatic rings. The van der Waals surface area contributed by atoms with E-state index in [1.165, 1.54) is 11.1 Å². The number of benzene rings is 2. The molecule has 0 aliphatic carbocycles. The summed E-state index contributed by atoms with van der Waals surface area (Å²) < 4.78 is 7.52. The van der Waals surface area contributed by atoms with Gasteiger partial charge in [0.2, 0.25) is 0 Å². The van der Waals surface area contributed by atoms with Crippen molar-refractivity contribution >= 4 is 41.0 Å². The van der Waals surface area contributed by atoms with Gasteiger partial charge in [-0.1, -0.05) is 36.4 Å². The van der Waals surface area contributed by atoms with E-state index in [0.29, 0.717) is 0 Å². The average Bonchev–Trinajstić information content (AvgIpc) is 3.14. The number of hydrogen-bond acceptors (Lipinski definition) is 3. The number of imidazole rings is 1. The molecular weight excluding hydrogens is 477 g/mol. The Bertz CT molecular complexity index is 892. The van der Waals surface area contributed by atoms with Gasteiger partial charge in [0.05, 0.1) is 17.4 Å². The predicted molar refractivity (Wildman–Crippen MR) is 130 cm³/mol. The molecule has 0 saturated carbocycles. The second-order valence-electron chi connectivity index (χ2n) is 6.58. The molecule has 29 heavy (non-hydrogen) atoms. The monoisotopic (exact) mass is 507 g/mol. The van der Waals surface area contributed by atoms with Gasteiger partial charge in [-0.2, -0.15) is 0 Å². The molecular formula is C22H30IN5O. The standard InChI is InChI=1S/C22H29N5O.HI/c1-3-28-14-6-13-24-22(23-2)25-15-18-9-11-19(12-10-18)16-27-17-26-20-7-4-5-8-21(20)27;/h4-5,7-12,17H,3,6,13-16H2,1-2H3,(H2,23,24,25);1H. The van der Waals surface area contributed by atoms with E-state index in [2.05, 4.69) is 55.5 Å². The largest absolute Gasteiger partial charge is 0.382 e. The minimum atomic E-state index is 0. The number of nitrogens with one attached hydrogen (secondary N) is 2. The zero-order chi connectivity index (χ0) is 19.6. The number of aromatic nitrogens is 2. The van der Waals surface area contributed by atoms with Crippen molar-refractivity contribution in [1.29, 1.82) is 0 Å². The van der Waals surface area contributed by atoms with Crippen LogP contribution in [0.25, 0.3) is 11.0 Å². The van der Waals surface area contributed by atoms with Crippen molar-refractivity contribution in [2.45, 2.75) is 26.4 Å². The van der Waals surface area contributed by atoms with Crippen molar-refractivity contribution in [2.75, 3.05) is 26.8 Å². The summed E-state index contributed by atoms with van der Waals surface area (Å²) in [6, 6.07) is 16.9. The molecule has 0 unspecified atom stereocenters. The molecule has 2 N–H and O–H groups in total. The highest BCUT2D eigenvalue weighted by molar-refractivity contribution is 14.0. The van der Waals surface area contributed by atoms with Crippen LogP contribution in [-0.4, -0.2) is 42.3 Å². The lowest BCUT2D eigenvalue weighted by atomic mass is 10.1. The van der Waals surface area contributed by atoms with Crippen LogP contribution < -0.4 is 10.6 Å². The smallest absolute Gasteiger partial charge is 0.191 e. The van der Waals surface area contributed by atoms with Gasteiger partial charge in [-0.15, -0.1) is 24.0 Å². The van der Waals surface area contributed by atoms with Crippen LogP contribution in [0.15, 0.2) is 59.9 Å². The maximum Gasteiger partial charge on any atom is 0.191 e. The Morgan fingerprint density at radius 1 is 1.07 bits per heavy atom. The number of fused-ring (bicyclic) bond motifs is 1. The molecule has 1 aromatic heterocycles. The molecule has 0 aliphatic rings. The molecule has 2 aromatic carbocycles. The highest BCUT2D eigenvalue weighted by Crippen LogP contribution is 2.14. The van der Waals surface area contributed by atoms with Gasteiger partial charge < -0.3 is 19.9 Å². The molecule has 3 rings (SSSR count). The lowest BCUT2D eigenvalue weighted by molar-refractivity contribution is 0.145. The first-order valence-corrected chi connectivity index (χ1v) is 9.80. The molecule has 0 bridgehead atoms. The van der Waals surface area contributed by atoms with Gasteiger partial charge in [0, 0.05) is 39.9 Å². The fourth-order valence-corrected chi connectivity index (χ4v) is 3.03. The fraction of sp³-hybridized carbons (Fsp3) is 0.364. The Morgan fingerprint density at radius 2 is 1.83 bits per heavy atom. The van der Waals surface area contributed by atoms with Gasteiger partial charge in [-0.05, 0) is 36.6 Å². The van der Waals surface area contributed by atoms with Crippen LogP contribution in [0.3, 0.4) is 0 Å². The minimum Gasteiger partial charge on any atom is -0.382 e. The predicted octanol–water partition coefficient (Wildman–Crippen LogP) is 3.79. The minimum absolute atomic E-state index is 0. The number of nitrogens with zero attached hydrogens (tertiary/aromatic N) is 3. The van der Waals surface area contributed by atoms with E-state index < -0.39 is 0 Å². The van der Waals surface area contributed by atoms with Crippen LogP contribution in [0.5, 0.6) is 0 Å². The van der Waals surface area contributed by atoms with Gasteiger partial charge in [0.1, 0.15) is 0 Å². The summed E-state index contributed by atoms with van der Waals surface area (Å²) in [6.07, 6.45) is 2.87. The van der Waals surface area contributed by atoms with Crippen molar-refractivity contribution < 1.29 is 4.74 Å². The number of para-hydroxylation sites is 2. The summed E-state index contributed by atoms with van der Waals surface area (Å²) in [5, 5.41) is 6.65. The molecule has 1 heterocycles. The maximum absolute atomic E-state index is 5.34. The summed E-state index contributed by atoms with van der Waals surface area (Å²) >= 11 is 0. The van der Waals surface area contributed by atoms with Gasteiger partial charge in [-0.25, -0.2) is 4.98 Å². The van der Waals surface area contributed by atoms with Crippen molar-refractivity contribution in [3.63, 3.8) is 0 Å². The fourth-order valence-electron chi connectivity index (χ4n) is 3.03. The third-order valence-electron chi connectivity index (χ3n) is 4.55. The number of guanidine groups is 1. The lowest BCUT2D eigenvalue weighted by Gasteiger charge is -2.12. The van der Waals surface area contributed by atoms with Gasteiger partial charge in [0.25, 0.3) is 0 Å². The van der Waals surface area contributed by atoms with E-state index >= 15 is 0 Å². The molecule has 0 atom stereocenters. The molecule has 6 nitrogen and oxygen atoms in total. The van der Waals surface area contributed by atoms with Crippen LogP contribution in [0.4, 0.5) is 0 Å². The number of ether oxygens (including phenoxy) is 1. The molecule has 0 aliphatic heterocycles. The Kier molecular flexibility index (Phi) is 9.93. The normalized spacial score (nSPS) is 11.3. The third-order valence-corrected chi connectivity index (χ3v) is 4.55. The first kappa shape index (κ1) is 23.2. The van der Waals surface area contributed by atoms with Crippen molar-refractivity contribution in [1.82, 2.24) is 20.2 Å². The van der Waals surface area contributed by atoms with E-state index in [4.69, 9.17) is 4.74 Å².